The fourth-order valence-electron chi connectivity index (χ4n) is 2.36. The van der Waals surface area contributed by atoms with Gasteiger partial charge in [-0.2, -0.15) is 0 Å². The lowest BCUT2D eigenvalue weighted by atomic mass is 10.2. The summed E-state index contributed by atoms with van der Waals surface area (Å²) in [5, 5.41) is 5.11. The molecule has 0 saturated carbocycles. The number of hydrogen-bond acceptors (Lipinski definition) is 7. The Bertz CT molecular complexity index is 1010. The number of carbonyl (C=O) groups excluding carboxylic acids is 2. The van der Waals surface area contributed by atoms with Gasteiger partial charge in [0.2, 0.25) is 0 Å². The van der Waals surface area contributed by atoms with Crippen molar-refractivity contribution < 1.29 is 14.3 Å². The molecule has 3 aromatic heterocycles. The Balaban J connectivity index is 1.57. The van der Waals surface area contributed by atoms with Crippen LogP contribution in [-0.4, -0.2) is 28.0 Å². The third kappa shape index (κ3) is 4.00. The molecule has 0 saturated heterocycles. The summed E-state index contributed by atoms with van der Waals surface area (Å²) in [6.45, 7) is 3.51. The lowest BCUT2D eigenvalue weighted by molar-refractivity contribution is -0.149. The van der Waals surface area contributed by atoms with E-state index in [4.69, 9.17) is 4.74 Å². The Morgan fingerprint density at radius 2 is 2.15 bits per heavy atom. The maximum atomic E-state index is 12.5. The zero-order chi connectivity index (χ0) is 18.7. The molecule has 0 radical (unpaired) electrons. The predicted octanol–water partition coefficient (Wildman–Crippen LogP) is 2.00. The van der Waals surface area contributed by atoms with Crippen molar-refractivity contribution in [2.24, 2.45) is 0 Å². The fourth-order valence-corrected chi connectivity index (χ4v) is 4.00. The van der Waals surface area contributed by atoms with Crippen molar-refractivity contribution in [3.05, 3.63) is 49.5 Å². The summed E-state index contributed by atoms with van der Waals surface area (Å²) in [6, 6.07) is 3.80. The van der Waals surface area contributed by atoms with Crippen molar-refractivity contribution in [1.82, 2.24) is 14.9 Å². The normalized spacial score (nSPS) is 10.8. The number of thiophene rings is 2. The van der Waals surface area contributed by atoms with E-state index >= 15 is 0 Å². The van der Waals surface area contributed by atoms with Gasteiger partial charge in [0.15, 0.2) is 6.61 Å². The third-order valence-corrected chi connectivity index (χ3v) is 5.85. The molecule has 136 valence electrons. The van der Waals surface area contributed by atoms with Crippen LogP contribution < -0.4 is 10.9 Å². The maximum absolute atomic E-state index is 12.5. The quantitative estimate of drug-likeness (QED) is 0.649. The summed E-state index contributed by atoms with van der Waals surface area (Å²) >= 11 is 2.98. The minimum Gasteiger partial charge on any atom is -0.454 e. The van der Waals surface area contributed by atoms with Gasteiger partial charge < -0.3 is 10.1 Å². The van der Waals surface area contributed by atoms with Crippen molar-refractivity contribution in [3.8, 4) is 0 Å². The Labute approximate surface area is 157 Å². The van der Waals surface area contributed by atoms with Gasteiger partial charge in [-0.1, -0.05) is 6.07 Å². The molecule has 3 heterocycles. The van der Waals surface area contributed by atoms with Crippen LogP contribution >= 0.6 is 22.7 Å². The summed E-state index contributed by atoms with van der Waals surface area (Å²) in [5.41, 5.74) is 0.592. The van der Waals surface area contributed by atoms with Gasteiger partial charge in [0.25, 0.3) is 11.5 Å². The minimum absolute atomic E-state index is 0.282. The van der Waals surface area contributed by atoms with E-state index in [2.05, 4.69) is 10.3 Å². The van der Waals surface area contributed by atoms with Gasteiger partial charge in [-0.05, 0) is 30.9 Å². The molecule has 1 N–H and O–H groups in total. The molecule has 0 atom stereocenters. The van der Waals surface area contributed by atoms with Crippen molar-refractivity contribution in [2.45, 2.75) is 26.9 Å². The Kier molecular flexibility index (Phi) is 5.48. The van der Waals surface area contributed by atoms with Crippen LogP contribution in [0.5, 0.6) is 0 Å². The van der Waals surface area contributed by atoms with Crippen molar-refractivity contribution in [2.75, 3.05) is 6.61 Å². The smallest absolute Gasteiger partial charge is 0.326 e. The Hall–Kier alpha value is -2.52. The molecule has 26 heavy (non-hydrogen) atoms. The number of fused-ring (bicyclic) bond motifs is 1. The second-order valence-corrected chi connectivity index (χ2v) is 7.89. The SMILES string of the molecule is Cc1sc2ncn(CC(=O)OCC(=O)NCc3cccs3)c(=O)c2c1C. The largest absolute Gasteiger partial charge is 0.454 e. The van der Waals surface area contributed by atoms with Crippen molar-refractivity contribution in [1.29, 1.82) is 0 Å². The second kappa shape index (κ2) is 7.79. The number of ether oxygens (including phenoxy) is 1. The second-order valence-electron chi connectivity index (χ2n) is 5.66. The molecule has 0 aliphatic carbocycles. The average Bonchev–Trinajstić information content (AvgIpc) is 3.23. The van der Waals surface area contributed by atoms with E-state index in [0.29, 0.717) is 16.8 Å². The average molecular weight is 391 g/mol. The van der Waals surface area contributed by atoms with Crippen LogP contribution in [-0.2, 0) is 27.4 Å². The third-order valence-electron chi connectivity index (χ3n) is 3.86. The molecular weight excluding hydrogens is 374 g/mol. The van der Waals surface area contributed by atoms with Gasteiger partial charge in [0.05, 0.1) is 18.3 Å². The van der Waals surface area contributed by atoms with Crippen LogP contribution in [0.15, 0.2) is 28.6 Å². The maximum Gasteiger partial charge on any atom is 0.326 e. The van der Waals surface area contributed by atoms with Crippen molar-refractivity contribution in [3.63, 3.8) is 0 Å². The number of aromatic nitrogens is 2. The van der Waals surface area contributed by atoms with E-state index in [1.165, 1.54) is 33.6 Å². The number of aryl methyl sites for hydroxylation is 2. The Morgan fingerprint density at radius 3 is 2.88 bits per heavy atom. The Morgan fingerprint density at radius 1 is 1.35 bits per heavy atom. The van der Waals surface area contributed by atoms with Gasteiger partial charge in [0.1, 0.15) is 11.4 Å². The topological polar surface area (TPSA) is 90.3 Å². The molecule has 0 unspecified atom stereocenters. The number of esters is 1. The molecule has 0 fully saturated rings. The van der Waals surface area contributed by atoms with Gasteiger partial charge in [-0.25, -0.2) is 4.98 Å². The van der Waals surface area contributed by atoms with E-state index in [1.807, 2.05) is 31.4 Å². The van der Waals surface area contributed by atoms with Crippen molar-refractivity contribution >= 4 is 44.8 Å². The van der Waals surface area contributed by atoms with E-state index in [9.17, 15) is 14.4 Å². The molecule has 0 bridgehead atoms. The zero-order valence-corrected chi connectivity index (χ0v) is 15.9. The minimum atomic E-state index is -0.663. The van der Waals surface area contributed by atoms with Crippen LogP contribution in [0, 0.1) is 13.8 Å². The predicted molar refractivity (Wildman–Crippen MR) is 100 cm³/mol. The molecule has 0 aromatic carbocycles. The first kappa shape index (κ1) is 18.3. The van der Waals surface area contributed by atoms with E-state index in [0.717, 1.165) is 15.3 Å². The highest BCUT2D eigenvalue weighted by Crippen LogP contribution is 2.25. The first-order valence-electron chi connectivity index (χ1n) is 7.85. The monoisotopic (exact) mass is 391 g/mol. The van der Waals surface area contributed by atoms with Crippen LogP contribution in [0.25, 0.3) is 10.2 Å². The van der Waals surface area contributed by atoms with Crippen LogP contribution in [0.4, 0.5) is 0 Å². The number of carbonyl (C=O) groups is 2. The molecule has 0 aliphatic heterocycles. The molecule has 7 nitrogen and oxygen atoms in total. The van der Waals surface area contributed by atoms with Gasteiger partial charge >= 0.3 is 5.97 Å². The summed E-state index contributed by atoms with van der Waals surface area (Å²) in [6.07, 6.45) is 1.33. The summed E-state index contributed by atoms with van der Waals surface area (Å²) in [5.74, 6) is -1.05. The molecule has 0 aliphatic rings. The highest BCUT2D eigenvalue weighted by Gasteiger charge is 2.15. The molecular formula is C17H17N3O4S2. The molecule has 3 aromatic rings. The highest BCUT2D eigenvalue weighted by atomic mass is 32.1. The molecule has 1 amide bonds. The molecule has 9 heteroatoms. The molecule has 0 spiro atoms. The number of hydrogen-bond donors (Lipinski definition) is 1. The van der Waals surface area contributed by atoms with E-state index in [1.54, 1.807) is 0 Å². The van der Waals surface area contributed by atoms with Gasteiger partial charge in [-0.3, -0.25) is 19.0 Å². The standard InChI is InChI=1S/C17H17N3O4S2/c1-10-11(2)26-16-15(10)17(23)20(9-19-16)7-14(22)24-8-13(21)18-6-12-4-3-5-25-12/h3-5,9H,6-8H2,1-2H3,(H,18,21). The first-order valence-corrected chi connectivity index (χ1v) is 9.55. The summed E-state index contributed by atoms with van der Waals surface area (Å²) < 4.78 is 6.15. The lowest BCUT2D eigenvalue weighted by Crippen LogP contribution is -2.30. The zero-order valence-electron chi connectivity index (χ0n) is 14.3. The van der Waals surface area contributed by atoms with E-state index < -0.39 is 11.9 Å². The van der Waals surface area contributed by atoms with Crippen LogP contribution in [0.3, 0.4) is 0 Å². The number of rotatable bonds is 6. The summed E-state index contributed by atoms with van der Waals surface area (Å²) in [7, 11) is 0. The lowest BCUT2D eigenvalue weighted by Gasteiger charge is -2.07. The van der Waals surface area contributed by atoms with Crippen LogP contribution in [0.2, 0.25) is 0 Å². The number of amides is 1. The number of nitrogens with one attached hydrogen (secondary N) is 1. The summed E-state index contributed by atoms with van der Waals surface area (Å²) in [4.78, 5) is 43.1. The number of nitrogens with zero attached hydrogens (tertiary/aromatic N) is 2. The molecule has 3 rings (SSSR count). The first-order chi connectivity index (χ1) is 12.5. The van der Waals surface area contributed by atoms with Gasteiger partial charge in [0, 0.05) is 9.75 Å². The van der Waals surface area contributed by atoms with E-state index in [-0.39, 0.29) is 18.7 Å². The van der Waals surface area contributed by atoms with Gasteiger partial charge in [-0.15, -0.1) is 22.7 Å². The highest BCUT2D eigenvalue weighted by molar-refractivity contribution is 7.18. The van der Waals surface area contributed by atoms with Crippen LogP contribution in [0.1, 0.15) is 15.3 Å². The fraction of sp³-hybridized carbons (Fsp3) is 0.294.